The Bertz CT molecular complexity index is 1560. The van der Waals surface area contributed by atoms with Gasteiger partial charge in [0, 0.05) is 50.3 Å². The molecule has 0 atom stereocenters. The fraction of sp³-hybridized carbons (Fsp3) is 0.923. The molecule has 0 heterocycles. The molecule has 0 radical (unpaired) electrons. The number of carbonyl (C=O) groups is 1. The van der Waals surface area contributed by atoms with Crippen LogP contribution >= 0.6 is 0 Å². The van der Waals surface area contributed by atoms with Crippen molar-refractivity contribution in [2.75, 3.05) is 7.11 Å². The Morgan fingerprint density at radius 1 is 0.343 bits per heavy atom. The van der Waals surface area contributed by atoms with Crippen LogP contribution in [-0.4, -0.2) is 71.3 Å². The average molecular weight is 968 g/mol. The van der Waals surface area contributed by atoms with Crippen LogP contribution in [-0.2, 0) is 14.3 Å². The van der Waals surface area contributed by atoms with E-state index in [-0.39, 0.29) is 12.1 Å². The smallest absolute Gasteiger partial charge is 0.302 e. The molecule has 5 heteroatoms. The largest absolute Gasteiger partial charge is 0.463 e. The summed E-state index contributed by atoms with van der Waals surface area (Å²) in [6.07, 6.45) is 56.3. The van der Waals surface area contributed by atoms with Crippen molar-refractivity contribution < 1.29 is 14.3 Å². The number of rotatable bonds is 14. The lowest BCUT2D eigenvalue weighted by Gasteiger charge is -2.49. The zero-order valence-electron chi connectivity index (χ0n) is 46.6. The van der Waals surface area contributed by atoms with Crippen LogP contribution in [0.1, 0.15) is 266 Å². The van der Waals surface area contributed by atoms with Crippen molar-refractivity contribution in [3.8, 4) is 0 Å². The Morgan fingerprint density at radius 2 is 0.586 bits per heavy atom. The molecule has 0 aromatic carbocycles. The van der Waals surface area contributed by atoms with Crippen LogP contribution in [0.4, 0.5) is 0 Å². The van der Waals surface area contributed by atoms with E-state index in [4.69, 9.17) is 9.47 Å². The van der Waals surface area contributed by atoms with E-state index in [0.717, 1.165) is 102 Å². The van der Waals surface area contributed by atoms with Gasteiger partial charge in [-0.1, -0.05) is 51.0 Å². The van der Waals surface area contributed by atoms with Crippen LogP contribution in [0.5, 0.6) is 0 Å². The van der Waals surface area contributed by atoms with Crippen molar-refractivity contribution in [2.24, 2.45) is 59.2 Å². The molecule has 9 rings (SSSR count). The second-order valence-corrected chi connectivity index (χ2v) is 27.4. The number of nitrogens with zero attached hydrogens (tertiary/aromatic N) is 2. The highest BCUT2D eigenvalue weighted by atomic mass is 16.5. The molecule has 9 saturated carbocycles. The molecule has 9 aliphatic rings. The number of methoxy groups -OCH3 is 1. The SMILES string of the molecule is COC1CCC(C(=CC2CCC(N(C3CCC(C)CC3)C3CCC(C)CC3)CC2)C2CCC(C(=CC3CCC(N(C4CCC(C)CC4)C4CCC(C)CC4)CC3)C3CCC(OC(C)=O)CC3)CC2)CC1. The second kappa shape index (κ2) is 26.1. The maximum absolute atomic E-state index is 12.0. The molecule has 0 aromatic heterocycles. The number of hydrogen-bond acceptors (Lipinski definition) is 5. The third-order valence-corrected chi connectivity index (χ3v) is 22.4. The predicted molar refractivity (Wildman–Crippen MR) is 293 cm³/mol. The van der Waals surface area contributed by atoms with E-state index >= 15 is 0 Å². The Kier molecular flexibility index (Phi) is 20.0. The molecule has 70 heavy (non-hydrogen) atoms. The number of ether oxygens (including phenoxy) is 2. The summed E-state index contributed by atoms with van der Waals surface area (Å²) in [5, 5.41) is 0. The van der Waals surface area contributed by atoms with E-state index in [9.17, 15) is 4.79 Å². The zero-order valence-corrected chi connectivity index (χ0v) is 46.6. The third kappa shape index (κ3) is 14.2. The molecule has 0 saturated heterocycles. The van der Waals surface area contributed by atoms with Gasteiger partial charge in [0.25, 0.3) is 0 Å². The number of hydrogen-bond donors (Lipinski definition) is 0. The van der Waals surface area contributed by atoms with E-state index in [1.807, 2.05) is 18.3 Å². The molecule has 0 spiro atoms. The van der Waals surface area contributed by atoms with Gasteiger partial charge in [0.15, 0.2) is 0 Å². The summed E-state index contributed by atoms with van der Waals surface area (Å²) < 4.78 is 11.8. The fourth-order valence-corrected chi connectivity index (χ4v) is 18.0. The van der Waals surface area contributed by atoms with E-state index in [1.165, 1.54) is 218 Å². The van der Waals surface area contributed by atoms with Crippen LogP contribution < -0.4 is 0 Å². The highest BCUT2D eigenvalue weighted by molar-refractivity contribution is 5.66. The summed E-state index contributed by atoms with van der Waals surface area (Å²) >= 11 is 0. The minimum atomic E-state index is -0.0910. The topological polar surface area (TPSA) is 42.0 Å². The summed E-state index contributed by atoms with van der Waals surface area (Å²) in [5.41, 5.74) is 3.79. The van der Waals surface area contributed by atoms with Gasteiger partial charge >= 0.3 is 5.97 Å². The summed E-state index contributed by atoms with van der Waals surface area (Å²) in [4.78, 5) is 18.4. The van der Waals surface area contributed by atoms with E-state index in [0.29, 0.717) is 12.0 Å². The van der Waals surface area contributed by atoms with Gasteiger partial charge in [-0.2, -0.15) is 0 Å². The van der Waals surface area contributed by atoms with Gasteiger partial charge in [0.2, 0.25) is 0 Å². The van der Waals surface area contributed by atoms with Gasteiger partial charge in [-0.15, -0.1) is 0 Å². The van der Waals surface area contributed by atoms with Crippen molar-refractivity contribution in [3.63, 3.8) is 0 Å². The predicted octanol–water partition coefficient (Wildman–Crippen LogP) is 17.0. The summed E-state index contributed by atoms with van der Waals surface area (Å²) in [5.74, 6) is 8.11. The van der Waals surface area contributed by atoms with Crippen LogP contribution in [0.15, 0.2) is 23.3 Å². The number of esters is 1. The monoisotopic (exact) mass is 967 g/mol. The maximum atomic E-state index is 12.0. The van der Waals surface area contributed by atoms with Crippen molar-refractivity contribution >= 4 is 5.97 Å². The molecule has 9 fully saturated rings. The highest BCUT2D eigenvalue weighted by Gasteiger charge is 2.41. The number of carbonyl (C=O) groups excluding carboxylic acids is 1. The lowest BCUT2D eigenvalue weighted by Crippen LogP contribution is -2.52. The van der Waals surface area contributed by atoms with Gasteiger partial charge in [0.1, 0.15) is 6.10 Å². The first kappa shape index (κ1) is 53.6. The molecule has 0 bridgehead atoms. The summed E-state index contributed by atoms with van der Waals surface area (Å²) in [7, 11) is 1.95. The standard InChI is InChI=1S/C65H110N2O3/c1-45-7-27-56(28-8-45)66(57-29-9-46(2)10-30-57)60-35-15-50(16-36-60)43-64(54-23-39-62(69-6)40-24-54)52-19-21-53(22-20-52)65(55-25-41-63(42-26-55)70-49(5)68)44-51-17-37-61(38-18-51)67(58-31-11-47(3)12-32-58)59-33-13-48(4)14-34-59/h43-48,50-63H,7-42H2,1-6H3. The lowest BCUT2D eigenvalue weighted by atomic mass is 9.66. The van der Waals surface area contributed by atoms with Crippen molar-refractivity contribution in [1.82, 2.24) is 9.80 Å². The Balaban J connectivity index is 0.875. The Morgan fingerprint density at radius 3 is 0.843 bits per heavy atom. The van der Waals surface area contributed by atoms with Crippen molar-refractivity contribution in [2.45, 2.75) is 314 Å². The van der Waals surface area contributed by atoms with Gasteiger partial charge < -0.3 is 9.47 Å². The maximum Gasteiger partial charge on any atom is 0.302 e. The fourth-order valence-electron chi connectivity index (χ4n) is 18.0. The summed E-state index contributed by atoms with van der Waals surface area (Å²) in [6, 6.07) is 5.00. The molecule has 0 N–H and O–H groups in total. The van der Waals surface area contributed by atoms with Crippen molar-refractivity contribution in [3.05, 3.63) is 23.3 Å². The van der Waals surface area contributed by atoms with Crippen LogP contribution in [0.25, 0.3) is 0 Å². The molecule has 398 valence electrons. The van der Waals surface area contributed by atoms with Crippen LogP contribution in [0, 0.1) is 59.2 Å². The minimum Gasteiger partial charge on any atom is -0.463 e. The molecule has 0 amide bonds. The molecule has 9 aliphatic carbocycles. The molecule has 0 aliphatic heterocycles. The average Bonchev–Trinajstić information content (AvgIpc) is 3.38. The van der Waals surface area contributed by atoms with Gasteiger partial charge in [0.05, 0.1) is 6.10 Å². The second-order valence-electron chi connectivity index (χ2n) is 27.4. The Hall–Kier alpha value is -1.17. The first-order valence-corrected chi connectivity index (χ1v) is 31.7. The molecule has 0 aromatic rings. The Labute approximate surface area is 432 Å². The van der Waals surface area contributed by atoms with Gasteiger partial charge in [-0.3, -0.25) is 14.6 Å². The van der Waals surface area contributed by atoms with Crippen molar-refractivity contribution in [1.29, 1.82) is 0 Å². The lowest BCUT2D eigenvalue weighted by molar-refractivity contribution is -0.148. The van der Waals surface area contributed by atoms with Gasteiger partial charge in [-0.25, -0.2) is 0 Å². The van der Waals surface area contributed by atoms with E-state index in [1.54, 1.807) is 6.92 Å². The van der Waals surface area contributed by atoms with Crippen LogP contribution in [0.3, 0.4) is 0 Å². The number of allylic oxidation sites excluding steroid dienone is 4. The molecular weight excluding hydrogens is 857 g/mol. The normalized spacial score (nSPS) is 43.2. The van der Waals surface area contributed by atoms with E-state index < -0.39 is 0 Å². The quantitative estimate of drug-likeness (QED) is 0.128. The third-order valence-electron chi connectivity index (χ3n) is 22.4. The highest BCUT2D eigenvalue weighted by Crippen LogP contribution is 2.49. The molecule has 0 unspecified atom stereocenters. The first-order chi connectivity index (χ1) is 34.1. The van der Waals surface area contributed by atoms with Gasteiger partial charge in [-0.05, 0) is 290 Å². The summed E-state index contributed by atoms with van der Waals surface area (Å²) in [6.45, 7) is 11.6. The molecular formula is C65H110N2O3. The van der Waals surface area contributed by atoms with E-state index in [2.05, 4.69) is 49.6 Å². The minimum absolute atomic E-state index is 0.0910. The zero-order chi connectivity index (χ0) is 48.6. The first-order valence-electron chi connectivity index (χ1n) is 31.7. The molecule has 5 nitrogen and oxygen atoms in total. The van der Waals surface area contributed by atoms with Crippen LogP contribution in [0.2, 0.25) is 0 Å².